The van der Waals surface area contributed by atoms with Crippen LogP contribution in [-0.4, -0.2) is 10.4 Å². The van der Waals surface area contributed by atoms with E-state index in [9.17, 15) is 0 Å². The van der Waals surface area contributed by atoms with Gasteiger partial charge in [0.05, 0.1) is 0 Å². The summed E-state index contributed by atoms with van der Waals surface area (Å²) < 4.78 is 2.33. The Bertz CT molecular complexity index is 1170. The topological polar surface area (TPSA) is 65.0 Å². The molecule has 0 aliphatic rings. The van der Waals surface area contributed by atoms with Crippen molar-refractivity contribution in [1.82, 2.24) is 4.57 Å². The lowest BCUT2D eigenvalue weighted by Gasteiger charge is -2.11. The van der Waals surface area contributed by atoms with Crippen LogP contribution < -0.4 is 0 Å². The van der Waals surface area contributed by atoms with Gasteiger partial charge in [-0.25, -0.2) is 5.53 Å². The third kappa shape index (κ3) is 2.60. The van der Waals surface area contributed by atoms with Crippen LogP contribution in [0.2, 0.25) is 0 Å². The zero-order valence-corrected chi connectivity index (χ0v) is 14.9. The predicted molar refractivity (Wildman–Crippen MR) is 106 cm³/mol. The van der Waals surface area contributed by atoms with Gasteiger partial charge in [0.15, 0.2) is 5.84 Å². The van der Waals surface area contributed by atoms with Crippen LogP contribution in [0.15, 0.2) is 65.8 Å². The summed E-state index contributed by atoms with van der Waals surface area (Å²) in [6.07, 6.45) is 0. The smallest absolute Gasteiger partial charge is 0.173 e. The molecule has 0 spiro atoms. The van der Waals surface area contributed by atoms with Gasteiger partial charge in [-0.1, -0.05) is 42.0 Å². The molecule has 0 unspecified atom stereocenters. The Labute approximate surface area is 152 Å². The number of benzene rings is 3. The van der Waals surface area contributed by atoms with E-state index < -0.39 is 0 Å². The predicted octanol–water partition coefficient (Wildman–Crippen LogP) is 5.82. The number of nitrogens with one attached hydrogen (secondary N) is 2. The van der Waals surface area contributed by atoms with Crippen LogP contribution in [0.5, 0.6) is 0 Å². The zero-order valence-electron chi connectivity index (χ0n) is 14.9. The minimum atomic E-state index is -0.0156. The van der Waals surface area contributed by atoms with E-state index >= 15 is 0 Å². The summed E-state index contributed by atoms with van der Waals surface area (Å²) in [7, 11) is 0. The van der Waals surface area contributed by atoms with E-state index in [2.05, 4.69) is 59.9 Å². The molecule has 1 aromatic heterocycles. The molecule has 3 aromatic carbocycles. The van der Waals surface area contributed by atoms with E-state index in [0.29, 0.717) is 5.56 Å². The first kappa shape index (κ1) is 16.2. The van der Waals surface area contributed by atoms with Crippen molar-refractivity contribution < 1.29 is 0 Å². The lowest BCUT2D eigenvalue weighted by molar-refractivity contribution is 0.860. The molecule has 0 radical (unpaired) electrons. The maximum absolute atomic E-state index is 7.84. The highest BCUT2D eigenvalue weighted by Crippen LogP contribution is 2.31. The van der Waals surface area contributed by atoms with Crippen LogP contribution in [0.25, 0.3) is 21.8 Å². The van der Waals surface area contributed by atoms with Crippen LogP contribution >= 0.6 is 0 Å². The summed E-state index contributed by atoms with van der Waals surface area (Å²) in [6, 6.07) is 20.8. The summed E-state index contributed by atoms with van der Waals surface area (Å²) in [5.74, 6) is -0.0156. The van der Waals surface area contributed by atoms with Crippen molar-refractivity contribution in [1.29, 1.82) is 10.9 Å². The maximum atomic E-state index is 7.84. The second-order valence-electron chi connectivity index (χ2n) is 6.73. The molecule has 0 aliphatic heterocycles. The van der Waals surface area contributed by atoms with Gasteiger partial charge in [-0.3, -0.25) is 5.41 Å². The average Bonchev–Trinajstić information content (AvgIpc) is 2.96. The third-order valence-corrected chi connectivity index (χ3v) is 4.98. The Balaban J connectivity index is 1.95. The number of amidine groups is 1. The number of rotatable bonds is 3. The second-order valence-corrected chi connectivity index (χ2v) is 6.73. The Morgan fingerprint density at radius 3 is 2.46 bits per heavy atom. The van der Waals surface area contributed by atoms with Crippen molar-refractivity contribution in [3.05, 3.63) is 82.9 Å². The van der Waals surface area contributed by atoms with Crippen LogP contribution in [0, 0.1) is 24.8 Å². The molecule has 4 rings (SSSR count). The number of hydrogen-bond donors (Lipinski definition) is 2. The van der Waals surface area contributed by atoms with E-state index in [0.717, 1.165) is 22.8 Å². The molecule has 2 N–H and O–H groups in total. The highest BCUT2D eigenvalue weighted by molar-refractivity contribution is 6.11. The number of nitrogens with zero attached hydrogens (tertiary/aromatic N) is 2. The van der Waals surface area contributed by atoms with Gasteiger partial charge in [0.25, 0.3) is 0 Å². The van der Waals surface area contributed by atoms with Crippen molar-refractivity contribution in [3.63, 3.8) is 0 Å². The minimum Gasteiger partial charge on any atom is -0.336 e. The molecule has 4 heteroatoms. The SMILES string of the molecule is Cc1ccc(Cn2c3ccccc3c3cc(C(=N)N=N)ccc32)c(C)c1. The van der Waals surface area contributed by atoms with Gasteiger partial charge >= 0.3 is 0 Å². The summed E-state index contributed by atoms with van der Waals surface area (Å²) in [6.45, 7) is 5.08. The van der Waals surface area contributed by atoms with Crippen molar-refractivity contribution in [3.8, 4) is 0 Å². The van der Waals surface area contributed by atoms with Gasteiger partial charge in [0.1, 0.15) is 0 Å². The van der Waals surface area contributed by atoms with E-state index in [4.69, 9.17) is 10.9 Å². The molecular weight excluding hydrogens is 320 g/mol. The Hall–Kier alpha value is -3.27. The Kier molecular flexibility index (Phi) is 3.88. The first-order valence-electron chi connectivity index (χ1n) is 8.62. The van der Waals surface area contributed by atoms with E-state index in [-0.39, 0.29) is 5.84 Å². The lowest BCUT2D eigenvalue weighted by Crippen LogP contribution is -2.02. The van der Waals surface area contributed by atoms with Gasteiger partial charge in [-0.2, -0.15) is 0 Å². The third-order valence-electron chi connectivity index (χ3n) is 4.98. The summed E-state index contributed by atoms with van der Waals surface area (Å²) >= 11 is 0. The van der Waals surface area contributed by atoms with Crippen molar-refractivity contribution >= 4 is 27.6 Å². The Morgan fingerprint density at radius 1 is 0.923 bits per heavy atom. The van der Waals surface area contributed by atoms with Crippen molar-refractivity contribution in [2.75, 3.05) is 0 Å². The van der Waals surface area contributed by atoms with E-state index in [1.165, 1.54) is 22.2 Å². The molecule has 0 saturated heterocycles. The maximum Gasteiger partial charge on any atom is 0.173 e. The van der Waals surface area contributed by atoms with Gasteiger partial charge in [-0.15, -0.1) is 5.11 Å². The standard InChI is InChI=1S/C22H20N4/c1-14-7-8-17(15(2)11-14)13-26-20-6-4-3-5-18(20)19-12-16(22(23)25-24)9-10-21(19)26/h3-12,23-24H,13H2,1-2H3. The van der Waals surface area contributed by atoms with Gasteiger partial charge < -0.3 is 4.57 Å². The number of aromatic nitrogens is 1. The number of aryl methyl sites for hydroxylation is 2. The van der Waals surface area contributed by atoms with E-state index in [1.54, 1.807) is 0 Å². The fraction of sp³-hybridized carbons (Fsp3) is 0.136. The largest absolute Gasteiger partial charge is 0.336 e. The molecule has 0 bridgehead atoms. The highest BCUT2D eigenvalue weighted by atomic mass is 15.0. The quantitative estimate of drug-likeness (QED) is 0.268. The van der Waals surface area contributed by atoms with Crippen LogP contribution in [-0.2, 0) is 6.54 Å². The summed E-state index contributed by atoms with van der Waals surface area (Å²) in [4.78, 5) is 0. The fourth-order valence-electron chi connectivity index (χ4n) is 3.63. The molecule has 0 amide bonds. The number of hydrogen-bond acceptors (Lipinski definition) is 2. The average molecular weight is 340 g/mol. The van der Waals surface area contributed by atoms with Gasteiger partial charge in [0.2, 0.25) is 0 Å². The number of fused-ring (bicyclic) bond motifs is 3. The van der Waals surface area contributed by atoms with Crippen molar-refractivity contribution in [2.24, 2.45) is 5.11 Å². The minimum absolute atomic E-state index is 0.0156. The van der Waals surface area contributed by atoms with Crippen LogP contribution in [0.1, 0.15) is 22.3 Å². The normalized spacial score (nSPS) is 11.2. The molecule has 1 heterocycles. The molecule has 128 valence electrons. The molecular formula is C22H20N4. The molecule has 4 aromatic rings. The second kappa shape index (κ2) is 6.23. The zero-order chi connectivity index (χ0) is 18.3. The fourth-order valence-corrected chi connectivity index (χ4v) is 3.63. The van der Waals surface area contributed by atoms with Gasteiger partial charge in [0, 0.05) is 33.9 Å². The van der Waals surface area contributed by atoms with Crippen LogP contribution in [0.3, 0.4) is 0 Å². The molecule has 0 saturated carbocycles. The number of para-hydroxylation sites is 1. The monoisotopic (exact) mass is 340 g/mol. The van der Waals surface area contributed by atoms with Gasteiger partial charge in [-0.05, 0) is 49.2 Å². The first-order chi connectivity index (χ1) is 12.6. The molecule has 0 aliphatic carbocycles. The summed E-state index contributed by atoms with van der Waals surface area (Å²) in [5, 5.41) is 13.4. The first-order valence-corrected chi connectivity index (χ1v) is 8.62. The van der Waals surface area contributed by atoms with E-state index in [1.807, 2.05) is 24.3 Å². The molecule has 26 heavy (non-hydrogen) atoms. The highest BCUT2D eigenvalue weighted by Gasteiger charge is 2.13. The van der Waals surface area contributed by atoms with Crippen molar-refractivity contribution in [2.45, 2.75) is 20.4 Å². The Morgan fingerprint density at radius 2 is 1.69 bits per heavy atom. The summed E-state index contributed by atoms with van der Waals surface area (Å²) in [5.41, 5.74) is 14.0. The molecule has 4 nitrogen and oxygen atoms in total. The molecule has 0 fully saturated rings. The lowest BCUT2D eigenvalue weighted by atomic mass is 10.1. The van der Waals surface area contributed by atoms with Crippen LogP contribution in [0.4, 0.5) is 0 Å². The molecule has 0 atom stereocenters.